The van der Waals surface area contributed by atoms with Crippen molar-refractivity contribution in [3.05, 3.63) is 69.7 Å². The Morgan fingerprint density at radius 1 is 1.11 bits per heavy atom. The number of nitrogens with zero attached hydrogens (tertiary/aromatic N) is 2. The molecule has 0 radical (unpaired) electrons. The molecule has 4 atom stereocenters. The number of rotatable bonds is 5. The molecular formula is C22H24Cl2N2O. The van der Waals surface area contributed by atoms with Crippen molar-refractivity contribution < 1.29 is 4.84 Å². The molecule has 2 saturated heterocycles. The smallest absolute Gasteiger partial charge is 0.142 e. The summed E-state index contributed by atoms with van der Waals surface area (Å²) in [6.45, 7) is 0.491. The number of hydrogen-bond donors (Lipinski definition) is 0. The molecule has 3 nitrogen and oxygen atoms in total. The third-order valence-corrected chi connectivity index (χ3v) is 6.82. The molecule has 0 spiro atoms. The van der Waals surface area contributed by atoms with Gasteiger partial charge in [0, 0.05) is 24.2 Å². The van der Waals surface area contributed by atoms with Crippen molar-refractivity contribution in [2.75, 3.05) is 7.05 Å². The molecule has 142 valence electrons. The highest BCUT2D eigenvalue weighted by molar-refractivity contribution is 6.42. The average molecular weight is 403 g/mol. The Balaban J connectivity index is 1.52. The first kappa shape index (κ1) is 18.8. The standard InChI is InChI=1S/C22H24Cl2N2O/c1-26-17-8-10-22(26)19(13-25-27-14-15-5-3-2-4-6-15)18(12-17)16-7-9-20(23)21(24)11-16/h2-7,9,11,13,17-19,22H,8,10,12,14H2,1H3/b25-13+/t17?,18-,19-,22-/m1/s1. The van der Waals surface area contributed by atoms with Crippen LogP contribution in [0.25, 0.3) is 0 Å². The summed E-state index contributed by atoms with van der Waals surface area (Å²) in [5.74, 6) is 0.694. The summed E-state index contributed by atoms with van der Waals surface area (Å²) in [6.07, 6.45) is 5.57. The van der Waals surface area contributed by atoms with Crippen LogP contribution in [0.4, 0.5) is 0 Å². The van der Waals surface area contributed by atoms with Crippen molar-refractivity contribution in [3.8, 4) is 0 Å². The van der Waals surface area contributed by atoms with Gasteiger partial charge in [-0.2, -0.15) is 0 Å². The van der Waals surface area contributed by atoms with Crippen LogP contribution in [0, 0.1) is 5.92 Å². The highest BCUT2D eigenvalue weighted by Crippen LogP contribution is 2.46. The van der Waals surface area contributed by atoms with Crippen LogP contribution in [0.2, 0.25) is 10.0 Å². The van der Waals surface area contributed by atoms with Gasteiger partial charge in [-0.15, -0.1) is 0 Å². The highest BCUT2D eigenvalue weighted by Gasteiger charge is 2.45. The molecule has 2 aromatic rings. The monoisotopic (exact) mass is 402 g/mol. The van der Waals surface area contributed by atoms with Gasteiger partial charge in [-0.3, -0.25) is 4.90 Å². The van der Waals surface area contributed by atoms with Crippen molar-refractivity contribution in [1.29, 1.82) is 0 Å². The lowest BCUT2D eigenvalue weighted by Gasteiger charge is -2.41. The molecule has 5 heteroatoms. The van der Waals surface area contributed by atoms with Crippen molar-refractivity contribution in [2.24, 2.45) is 11.1 Å². The van der Waals surface area contributed by atoms with Gasteiger partial charge in [-0.1, -0.05) is 64.8 Å². The molecule has 2 aromatic carbocycles. The molecule has 1 unspecified atom stereocenters. The number of fused-ring (bicyclic) bond motifs is 2. The quantitative estimate of drug-likeness (QED) is 0.468. The number of oxime groups is 1. The zero-order chi connectivity index (χ0) is 18.8. The minimum Gasteiger partial charge on any atom is -0.391 e. The third kappa shape index (κ3) is 4.01. The van der Waals surface area contributed by atoms with Gasteiger partial charge in [0.15, 0.2) is 0 Å². The van der Waals surface area contributed by atoms with Gasteiger partial charge in [-0.05, 0) is 55.5 Å². The Hall–Kier alpha value is -1.55. The maximum atomic E-state index is 6.29. The zero-order valence-corrected chi connectivity index (χ0v) is 16.9. The van der Waals surface area contributed by atoms with Gasteiger partial charge < -0.3 is 4.84 Å². The summed E-state index contributed by atoms with van der Waals surface area (Å²) in [6, 6.07) is 17.3. The fourth-order valence-corrected chi connectivity index (χ4v) is 4.92. The molecule has 0 aliphatic carbocycles. The first-order valence-electron chi connectivity index (χ1n) is 9.49. The lowest BCUT2D eigenvalue weighted by Crippen LogP contribution is -2.46. The molecule has 27 heavy (non-hydrogen) atoms. The summed E-state index contributed by atoms with van der Waals surface area (Å²) in [7, 11) is 2.24. The molecule has 2 bridgehead atoms. The number of halogens is 2. The van der Waals surface area contributed by atoms with Crippen LogP contribution >= 0.6 is 23.2 Å². The fraction of sp³-hybridized carbons (Fsp3) is 0.409. The summed E-state index contributed by atoms with van der Waals surface area (Å²) in [4.78, 5) is 8.11. The molecule has 0 saturated carbocycles. The van der Waals surface area contributed by atoms with Crippen LogP contribution in [-0.2, 0) is 11.4 Å². The molecule has 2 aliphatic rings. The predicted octanol–water partition coefficient (Wildman–Crippen LogP) is 5.76. The Bertz CT molecular complexity index is 811. The lowest BCUT2D eigenvalue weighted by molar-refractivity contribution is 0.115. The molecule has 2 aliphatic heterocycles. The first-order valence-corrected chi connectivity index (χ1v) is 10.3. The van der Waals surface area contributed by atoms with Crippen LogP contribution in [0.3, 0.4) is 0 Å². The second kappa shape index (κ2) is 8.22. The van der Waals surface area contributed by atoms with Crippen LogP contribution < -0.4 is 0 Å². The van der Waals surface area contributed by atoms with Crippen molar-refractivity contribution in [3.63, 3.8) is 0 Å². The second-order valence-corrected chi connectivity index (χ2v) is 8.38. The van der Waals surface area contributed by atoms with Crippen LogP contribution in [0.15, 0.2) is 53.7 Å². The van der Waals surface area contributed by atoms with Crippen LogP contribution in [0.5, 0.6) is 0 Å². The SMILES string of the molecule is CN1C2CC[C@@H]1[C@H](/C=N/OCc1ccccc1)[C@@H](c1ccc(Cl)c(Cl)c1)C2. The minimum absolute atomic E-state index is 0.307. The van der Waals surface area contributed by atoms with Crippen LogP contribution in [-0.4, -0.2) is 30.2 Å². The lowest BCUT2D eigenvalue weighted by atomic mass is 9.77. The van der Waals surface area contributed by atoms with E-state index < -0.39 is 0 Å². The summed E-state index contributed by atoms with van der Waals surface area (Å²) < 4.78 is 0. The van der Waals surface area contributed by atoms with Crippen molar-refractivity contribution in [1.82, 2.24) is 4.90 Å². The summed E-state index contributed by atoms with van der Waals surface area (Å²) in [5.41, 5.74) is 2.37. The normalized spacial score (nSPS) is 28.0. The third-order valence-electron chi connectivity index (χ3n) is 6.08. The largest absolute Gasteiger partial charge is 0.391 e. The minimum atomic E-state index is 0.307. The van der Waals surface area contributed by atoms with E-state index in [0.29, 0.717) is 40.6 Å². The van der Waals surface area contributed by atoms with Gasteiger partial charge in [0.05, 0.1) is 10.0 Å². The topological polar surface area (TPSA) is 24.8 Å². The maximum Gasteiger partial charge on any atom is 0.142 e. The molecule has 4 rings (SSSR count). The maximum absolute atomic E-state index is 6.29. The fourth-order valence-electron chi connectivity index (χ4n) is 4.61. The Kier molecular flexibility index (Phi) is 5.72. The van der Waals surface area contributed by atoms with Gasteiger partial charge in [0.1, 0.15) is 6.61 Å². The molecule has 2 heterocycles. The zero-order valence-electron chi connectivity index (χ0n) is 15.4. The van der Waals surface area contributed by atoms with Gasteiger partial charge in [0.25, 0.3) is 0 Å². The molecule has 0 amide bonds. The van der Waals surface area contributed by atoms with E-state index in [-0.39, 0.29) is 0 Å². The predicted molar refractivity (Wildman–Crippen MR) is 112 cm³/mol. The van der Waals surface area contributed by atoms with E-state index in [1.54, 1.807) is 0 Å². The van der Waals surface area contributed by atoms with E-state index in [4.69, 9.17) is 28.0 Å². The number of hydrogen-bond acceptors (Lipinski definition) is 3. The van der Waals surface area contributed by atoms with E-state index in [1.165, 1.54) is 18.4 Å². The second-order valence-electron chi connectivity index (χ2n) is 7.57. The summed E-state index contributed by atoms with van der Waals surface area (Å²) in [5, 5.41) is 5.57. The van der Waals surface area contributed by atoms with E-state index in [1.807, 2.05) is 48.7 Å². The molecule has 2 fully saturated rings. The van der Waals surface area contributed by atoms with Crippen molar-refractivity contribution >= 4 is 29.4 Å². The van der Waals surface area contributed by atoms with Crippen LogP contribution in [0.1, 0.15) is 36.3 Å². The van der Waals surface area contributed by atoms with E-state index in [9.17, 15) is 0 Å². The van der Waals surface area contributed by atoms with Gasteiger partial charge in [0.2, 0.25) is 0 Å². The van der Waals surface area contributed by atoms with Crippen molar-refractivity contribution in [2.45, 2.75) is 43.9 Å². The van der Waals surface area contributed by atoms with E-state index in [0.717, 1.165) is 12.0 Å². The van der Waals surface area contributed by atoms with E-state index >= 15 is 0 Å². The Morgan fingerprint density at radius 2 is 1.93 bits per heavy atom. The first-order chi connectivity index (χ1) is 13.1. The molecular weight excluding hydrogens is 379 g/mol. The Labute approximate surface area is 170 Å². The average Bonchev–Trinajstić information content (AvgIpc) is 2.92. The van der Waals surface area contributed by atoms with Gasteiger partial charge in [-0.25, -0.2) is 0 Å². The number of benzene rings is 2. The Morgan fingerprint density at radius 3 is 2.70 bits per heavy atom. The summed E-state index contributed by atoms with van der Waals surface area (Å²) >= 11 is 12.4. The molecule has 0 aromatic heterocycles. The van der Waals surface area contributed by atoms with Gasteiger partial charge >= 0.3 is 0 Å². The number of piperidine rings is 1. The highest BCUT2D eigenvalue weighted by atomic mass is 35.5. The molecule has 0 N–H and O–H groups in total. The van der Waals surface area contributed by atoms with E-state index in [2.05, 4.69) is 23.2 Å².